The number of rotatable bonds is 10. The van der Waals surface area contributed by atoms with Crippen LogP contribution in [0.5, 0.6) is 11.5 Å². The monoisotopic (exact) mass is 875 g/mol. The molecule has 0 bridgehead atoms. The van der Waals surface area contributed by atoms with Crippen LogP contribution in [0.15, 0.2) is 60.5 Å². The third kappa shape index (κ3) is 9.58. The van der Waals surface area contributed by atoms with Gasteiger partial charge in [0.2, 0.25) is 0 Å². The van der Waals surface area contributed by atoms with Gasteiger partial charge in [-0.05, 0) is 25.7 Å². The minimum absolute atomic E-state index is 0. The standard InChI is InChI=1S/C28H30GeNO.C13H24O2.Ir/c1-28(2,3)16-18-13-20-11-12-30-26-22-15-19-9-7-8-10-21(19)23(17-29(4,5)6)27(22)31-24(14-18)25(20)26;1-5-10(6-2)12(14)9-13(15)11(7-3)8-4;/h7-14H,16-17H2,1-6H3;9-11,14H,5-8H2,1-4H3;/q-1;;/b;12-9-;. The van der Waals surface area contributed by atoms with E-state index in [0.29, 0.717) is 0 Å². The van der Waals surface area contributed by atoms with E-state index in [1.54, 1.807) is 0 Å². The minimum Gasteiger partial charge on any atom is -0.512 e. The molecule has 4 nitrogen and oxygen atoms in total. The molecular formula is C41H54GeIrNO3-. The van der Waals surface area contributed by atoms with E-state index in [2.05, 4.69) is 86.6 Å². The molecule has 0 atom stereocenters. The third-order valence-corrected chi connectivity index (χ3v) is 11.8. The number of carbonyl (C=O) groups excluding carboxylic acids is 1. The molecule has 3 aromatic carbocycles. The summed E-state index contributed by atoms with van der Waals surface area (Å²) in [6.45, 7) is 14.9. The van der Waals surface area contributed by atoms with E-state index in [4.69, 9.17) is 9.72 Å². The molecule has 0 saturated heterocycles. The summed E-state index contributed by atoms with van der Waals surface area (Å²) in [5, 5.41) is 15.6. The average molecular weight is 874 g/mol. The van der Waals surface area contributed by atoms with Gasteiger partial charge in [0.25, 0.3) is 0 Å². The maximum Gasteiger partial charge on any atom is 0.162 e. The van der Waals surface area contributed by atoms with Crippen molar-refractivity contribution in [2.45, 2.75) is 103 Å². The fourth-order valence-corrected chi connectivity index (χ4v) is 9.48. The predicted octanol–water partition coefficient (Wildman–Crippen LogP) is 11.8. The Morgan fingerprint density at radius 2 is 1.62 bits per heavy atom. The molecule has 2 heterocycles. The van der Waals surface area contributed by atoms with E-state index in [9.17, 15) is 9.90 Å². The SMILES string of the molecule is CC(C)(C)Cc1cc2c3c(nccc3c1)-c1[c-]c3ccccc3c([CH2][Ge]([CH3])([CH3])[CH3])c1O2.CCC(CC)C(=O)/C=C(\O)C(CC)CC.[Ir]. The number of ether oxygens (including phenoxy) is 1. The average Bonchev–Trinajstić information content (AvgIpc) is 2.97. The molecule has 1 aliphatic heterocycles. The topological polar surface area (TPSA) is 59.4 Å². The Hall–Kier alpha value is -2.47. The summed E-state index contributed by atoms with van der Waals surface area (Å²) < 4.78 is 6.75. The van der Waals surface area contributed by atoms with Crippen molar-refractivity contribution in [3.63, 3.8) is 0 Å². The summed E-state index contributed by atoms with van der Waals surface area (Å²) in [5.74, 6) is 9.86. The summed E-state index contributed by atoms with van der Waals surface area (Å²) in [6.07, 6.45) is 7.85. The van der Waals surface area contributed by atoms with Crippen molar-refractivity contribution in [2.75, 3.05) is 0 Å². The molecule has 47 heavy (non-hydrogen) atoms. The van der Waals surface area contributed by atoms with Crippen molar-refractivity contribution in [3.05, 3.63) is 77.7 Å². The Labute approximate surface area is 299 Å². The van der Waals surface area contributed by atoms with E-state index >= 15 is 0 Å². The number of pyridine rings is 1. The van der Waals surface area contributed by atoms with E-state index in [1.165, 1.54) is 28.0 Å². The molecule has 1 radical (unpaired) electrons. The molecule has 4 aromatic rings. The number of ketones is 1. The Balaban J connectivity index is 0.000000322. The van der Waals surface area contributed by atoms with Crippen LogP contribution in [0.3, 0.4) is 0 Å². The second-order valence-corrected chi connectivity index (χ2v) is 26.8. The van der Waals surface area contributed by atoms with Crippen LogP contribution in [0.1, 0.15) is 85.3 Å². The molecule has 0 saturated carbocycles. The van der Waals surface area contributed by atoms with Crippen molar-refractivity contribution in [3.8, 4) is 22.8 Å². The molecular weight excluding hydrogens is 819 g/mol. The van der Waals surface area contributed by atoms with Crippen LogP contribution in [-0.2, 0) is 36.6 Å². The summed E-state index contributed by atoms with van der Waals surface area (Å²) in [6, 6.07) is 18.9. The van der Waals surface area contributed by atoms with Crippen molar-refractivity contribution >= 4 is 40.6 Å². The van der Waals surface area contributed by atoms with E-state index < -0.39 is 13.3 Å². The van der Waals surface area contributed by atoms with Crippen molar-refractivity contribution < 1.29 is 34.7 Å². The maximum absolute atomic E-state index is 11.7. The summed E-state index contributed by atoms with van der Waals surface area (Å²) in [4.78, 5) is 16.5. The minimum atomic E-state index is -1.92. The molecule has 6 heteroatoms. The zero-order valence-corrected chi connectivity index (χ0v) is 34.6. The molecule has 255 valence electrons. The van der Waals surface area contributed by atoms with Crippen LogP contribution in [0.25, 0.3) is 32.8 Å². The van der Waals surface area contributed by atoms with Crippen LogP contribution < -0.4 is 4.74 Å². The molecule has 1 aromatic heterocycles. The van der Waals surface area contributed by atoms with E-state index in [1.807, 2.05) is 33.9 Å². The van der Waals surface area contributed by atoms with Gasteiger partial charge in [0, 0.05) is 38.0 Å². The Bertz CT molecular complexity index is 1720. The number of hydrogen-bond acceptors (Lipinski definition) is 4. The molecule has 0 spiro atoms. The number of allylic oxidation sites excluding steroid dienone is 2. The number of aliphatic hydroxyl groups is 1. The Kier molecular flexibility index (Phi) is 13.5. The van der Waals surface area contributed by atoms with Gasteiger partial charge in [-0.15, -0.1) is 0 Å². The van der Waals surface area contributed by atoms with Gasteiger partial charge in [-0.1, -0.05) is 27.7 Å². The van der Waals surface area contributed by atoms with Crippen LogP contribution in [0.4, 0.5) is 0 Å². The molecule has 0 fully saturated rings. The van der Waals surface area contributed by atoms with Crippen LogP contribution in [0, 0.1) is 23.3 Å². The number of hydrogen-bond donors (Lipinski definition) is 1. The largest absolute Gasteiger partial charge is 0.512 e. The number of benzene rings is 3. The number of aromatic nitrogens is 1. The molecule has 0 unspecified atom stereocenters. The Morgan fingerprint density at radius 3 is 2.21 bits per heavy atom. The van der Waals surface area contributed by atoms with Crippen molar-refractivity contribution in [1.82, 2.24) is 4.98 Å². The van der Waals surface area contributed by atoms with Crippen molar-refractivity contribution in [1.29, 1.82) is 0 Å². The van der Waals surface area contributed by atoms with Gasteiger partial charge < -0.3 is 5.11 Å². The predicted molar refractivity (Wildman–Crippen MR) is 198 cm³/mol. The smallest absolute Gasteiger partial charge is 0.162 e. The first kappa shape index (κ1) is 39.0. The molecule has 1 N–H and O–H groups in total. The molecule has 0 amide bonds. The second kappa shape index (κ2) is 16.3. The fraction of sp³-hybridized carbons (Fsp3) is 0.463. The van der Waals surface area contributed by atoms with Crippen LogP contribution in [0.2, 0.25) is 17.3 Å². The summed E-state index contributed by atoms with van der Waals surface area (Å²) in [5.41, 5.74) is 4.89. The number of fused-ring (bicyclic) bond motifs is 3. The fourth-order valence-electron chi connectivity index (χ4n) is 6.52. The number of aliphatic hydroxyl groups excluding tert-OH is 1. The molecule has 5 rings (SSSR count). The number of carbonyl (C=O) groups is 1. The summed E-state index contributed by atoms with van der Waals surface area (Å²) >= 11 is -1.92. The van der Waals surface area contributed by atoms with Crippen molar-refractivity contribution in [2.24, 2.45) is 17.3 Å². The van der Waals surface area contributed by atoms with Gasteiger partial charge in [0.15, 0.2) is 5.78 Å². The Morgan fingerprint density at radius 1 is 0.979 bits per heavy atom. The van der Waals surface area contributed by atoms with Gasteiger partial charge in [-0.2, -0.15) is 0 Å². The van der Waals surface area contributed by atoms with E-state index in [-0.39, 0.29) is 48.9 Å². The zero-order valence-electron chi connectivity index (χ0n) is 30.1. The van der Waals surface area contributed by atoms with Gasteiger partial charge in [-0.3, -0.25) is 4.79 Å². The third-order valence-electron chi connectivity index (χ3n) is 8.87. The molecule has 0 aliphatic carbocycles. The normalized spacial score (nSPS) is 12.8. The van der Waals surface area contributed by atoms with Gasteiger partial charge >= 0.3 is 188 Å². The first-order chi connectivity index (χ1) is 21.7. The van der Waals surface area contributed by atoms with Gasteiger partial charge in [-0.25, -0.2) is 0 Å². The first-order valence-corrected chi connectivity index (χ1v) is 25.0. The second-order valence-electron chi connectivity index (χ2n) is 15.3. The quantitative estimate of drug-likeness (QED) is 0.0657. The van der Waals surface area contributed by atoms with Gasteiger partial charge in [0.05, 0.1) is 5.76 Å². The number of nitrogens with zero attached hydrogens (tertiary/aromatic N) is 1. The zero-order chi connectivity index (χ0) is 33.8. The summed E-state index contributed by atoms with van der Waals surface area (Å²) in [7, 11) is 0. The van der Waals surface area contributed by atoms with Crippen LogP contribution in [-0.4, -0.2) is 29.1 Å². The maximum atomic E-state index is 11.7. The molecule has 1 aliphatic rings. The van der Waals surface area contributed by atoms with Crippen LogP contribution >= 0.6 is 0 Å². The van der Waals surface area contributed by atoms with E-state index in [0.717, 1.165) is 70.9 Å². The van der Waals surface area contributed by atoms with Gasteiger partial charge in [0.1, 0.15) is 0 Å². The first-order valence-electron chi connectivity index (χ1n) is 17.2.